The summed E-state index contributed by atoms with van der Waals surface area (Å²) >= 11 is 5.76. The lowest BCUT2D eigenvalue weighted by Crippen LogP contribution is -2.40. The average Bonchev–Trinajstić information content (AvgIpc) is 2.35. The Kier molecular flexibility index (Phi) is 6.04. The topological polar surface area (TPSA) is 72.5 Å². The second kappa shape index (κ2) is 6.96. The normalized spacial score (nSPS) is 12.2. The highest BCUT2D eigenvalue weighted by atomic mass is 35.7. The van der Waals surface area contributed by atoms with Crippen LogP contribution in [0.25, 0.3) is 0 Å². The van der Waals surface area contributed by atoms with Crippen molar-refractivity contribution in [1.82, 2.24) is 5.32 Å². The van der Waals surface area contributed by atoms with Crippen molar-refractivity contribution in [1.29, 1.82) is 0 Å². The fourth-order valence-corrected chi connectivity index (χ4v) is 3.16. The number of amides is 1. The fourth-order valence-electron chi connectivity index (χ4n) is 1.67. The number of nitrogens with one attached hydrogen (secondary N) is 1. The van der Waals surface area contributed by atoms with E-state index < -0.39 is 20.6 Å². The van der Waals surface area contributed by atoms with Crippen molar-refractivity contribution in [3.63, 3.8) is 0 Å². The van der Waals surface area contributed by atoms with Crippen molar-refractivity contribution in [2.24, 2.45) is 0 Å². The minimum Gasteiger partial charge on any atom is -0.374 e. The smallest absolute Gasteiger partial charge is 0.262 e. The van der Waals surface area contributed by atoms with Crippen molar-refractivity contribution in [2.45, 2.75) is 31.3 Å². The van der Waals surface area contributed by atoms with Crippen molar-refractivity contribution >= 4 is 37.2 Å². The summed E-state index contributed by atoms with van der Waals surface area (Å²) in [6.07, 6.45) is 0. The van der Waals surface area contributed by atoms with Crippen molar-refractivity contribution in [3.05, 3.63) is 28.8 Å². The lowest BCUT2D eigenvalue weighted by Gasteiger charge is -2.24. The Bertz CT molecular complexity index is 629. The number of carbonyl (C=O) groups excluding carboxylic acids is 1. The van der Waals surface area contributed by atoms with E-state index in [0.29, 0.717) is 6.61 Å². The molecule has 0 saturated carbocycles. The van der Waals surface area contributed by atoms with Crippen LogP contribution >= 0.6 is 22.3 Å². The molecule has 0 heterocycles. The summed E-state index contributed by atoms with van der Waals surface area (Å²) in [7, 11) is 1.26. The third kappa shape index (κ3) is 5.47. The summed E-state index contributed by atoms with van der Waals surface area (Å²) in [5.74, 6) is -0.430. The number of rotatable bonds is 6. The van der Waals surface area contributed by atoms with Crippen LogP contribution in [-0.4, -0.2) is 33.1 Å². The average molecular weight is 354 g/mol. The van der Waals surface area contributed by atoms with Gasteiger partial charge in [-0.15, -0.1) is 0 Å². The zero-order valence-corrected chi connectivity index (χ0v) is 14.3. The zero-order chi connectivity index (χ0) is 16.3. The van der Waals surface area contributed by atoms with Crippen LogP contribution in [-0.2, 0) is 13.8 Å². The third-order valence-corrected chi connectivity index (χ3v) is 4.47. The molecule has 0 aliphatic rings. The van der Waals surface area contributed by atoms with Crippen molar-refractivity contribution < 1.29 is 17.9 Å². The molecule has 1 aromatic carbocycles. The molecule has 1 amide bonds. The Labute approximate surface area is 134 Å². The maximum Gasteiger partial charge on any atom is 0.262 e. The first-order valence-corrected chi connectivity index (χ1v) is 8.92. The molecule has 1 N–H and O–H groups in total. The largest absolute Gasteiger partial charge is 0.374 e. The van der Waals surface area contributed by atoms with Crippen molar-refractivity contribution in [3.8, 4) is 0 Å². The highest BCUT2D eigenvalue weighted by molar-refractivity contribution is 8.13. The Morgan fingerprint density at radius 3 is 2.52 bits per heavy atom. The lowest BCUT2D eigenvalue weighted by molar-refractivity contribution is -0.00815. The molecule has 0 fully saturated rings. The predicted molar refractivity (Wildman–Crippen MR) is 82.5 cm³/mol. The summed E-state index contributed by atoms with van der Waals surface area (Å²) in [5.41, 5.74) is -0.357. The quantitative estimate of drug-likeness (QED) is 0.798. The third-order valence-electron chi connectivity index (χ3n) is 2.67. The first kappa shape index (κ1) is 18.2. The van der Waals surface area contributed by atoms with Crippen molar-refractivity contribution in [2.75, 3.05) is 13.2 Å². The highest BCUT2D eigenvalue weighted by Gasteiger charge is 2.21. The van der Waals surface area contributed by atoms with E-state index in [4.69, 9.17) is 27.0 Å². The maximum atomic E-state index is 12.0. The summed E-state index contributed by atoms with van der Waals surface area (Å²) in [6.45, 7) is 6.35. The molecule has 0 spiro atoms. The summed E-state index contributed by atoms with van der Waals surface area (Å²) in [5, 5.41) is 2.65. The second-order valence-corrected chi connectivity index (χ2v) is 7.90. The molecule has 0 bridgehead atoms. The molecule has 118 valence electrons. The van der Waals surface area contributed by atoms with E-state index in [-0.39, 0.29) is 22.0 Å². The van der Waals surface area contributed by atoms with Gasteiger partial charge in [0.05, 0.1) is 10.6 Å². The molecule has 0 unspecified atom stereocenters. The van der Waals surface area contributed by atoms with Crippen LogP contribution in [0.4, 0.5) is 0 Å². The highest BCUT2D eigenvalue weighted by Crippen LogP contribution is 2.25. The van der Waals surface area contributed by atoms with E-state index in [9.17, 15) is 13.2 Å². The molecule has 0 radical (unpaired) electrons. The van der Waals surface area contributed by atoms with Gasteiger partial charge in [0.15, 0.2) is 0 Å². The number of carbonyl (C=O) groups is 1. The maximum absolute atomic E-state index is 12.0. The Morgan fingerprint density at radius 2 is 2.00 bits per heavy atom. The van der Waals surface area contributed by atoms with E-state index in [1.807, 2.05) is 20.8 Å². The molecule has 8 heteroatoms. The Hall–Kier alpha value is -0.820. The minimum atomic E-state index is -4.01. The van der Waals surface area contributed by atoms with Gasteiger partial charge >= 0.3 is 0 Å². The van der Waals surface area contributed by atoms with Gasteiger partial charge < -0.3 is 10.1 Å². The summed E-state index contributed by atoms with van der Waals surface area (Å²) < 4.78 is 28.2. The molecule has 0 saturated heterocycles. The zero-order valence-electron chi connectivity index (χ0n) is 11.9. The number of hydrogen-bond acceptors (Lipinski definition) is 4. The van der Waals surface area contributed by atoms with Gasteiger partial charge in [0.1, 0.15) is 4.90 Å². The predicted octanol–water partition coefficient (Wildman–Crippen LogP) is 2.81. The van der Waals surface area contributed by atoms with E-state index in [0.717, 1.165) is 6.07 Å². The van der Waals surface area contributed by atoms with E-state index in [2.05, 4.69) is 5.32 Å². The molecule has 0 aromatic heterocycles. The van der Waals surface area contributed by atoms with Gasteiger partial charge in [-0.3, -0.25) is 4.79 Å². The van der Waals surface area contributed by atoms with Gasteiger partial charge in [-0.05, 0) is 39.0 Å². The summed E-state index contributed by atoms with van der Waals surface area (Å²) in [6, 6.07) is 3.89. The van der Waals surface area contributed by atoms with Crippen LogP contribution in [0.1, 0.15) is 31.1 Å². The van der Waals surface area contributed by atoms with E-state index in [1.165, 1.54) is 12.1 Å². The first-order valence-electron chi connectivity index (χ1n) is 6.23. The minimum absolute atomic E-state index is 0.0313. The molecule has 21 heavy (non-hydrogen) atoms. The van der Waals surface area contributed by atoms with Crippen LogP contribution < -0.4 is 5.32 Å². The number of benzene rings is 1. The lowest BCUT2D eigenvalue weighted by atomic mass is 10.1. The van der Waals surface area contributed by atoms with E-state index in [1.54, 1.807) is 0 Å². The molecular weight excluding hydrogens is 337 g/mol. The molecule has 1 aromatic rings. The van der Waals surface area contributed by atoms with E-state index >= 15 is 0 Å². The number of ether oxygens (including phenoxy) is 1. The number of hydrogen-bond donors (Lipinski definition) is 1. The van der Waals surface area contributed by atoms with Crippen LogP contribution in [0.15, 0.2) is 23.1 Å². The molecule has 0 atom stereocenters. The Morgan fingerprint density at radius 1 is 1.38 bits per heavy atom. The van der Waals surface area contributed by atoms with Crippen LogP contribution in [0.5, 0.6) is 0 Å². The van der Waals surface area contributed by atoms with Crippen LogP contribution in [0, 0.1) is 0 Å². The summed E-state index contributed by atoms with van der Waals surface area (Å²) in [4.78, 5) is 11.7. The van der Waals surface area contributed by atoms with Crippen LogP contribution in [0.3, 0.4) is 0 Å². The molecular formula is C13H17Cl2NO4S. The molecule has 5 nitrogen and oxygen atoms in total. The second-order valence-electron chi connectivity index (χ2n) is 4.96. The molecule has 0 aliphatic heterocycles. The Balaban J connectivity index is 2.90. The van der Waals surface area contributed by atoms with Crippen LogP contribution in [0.2, 0.25) is 5.02 Å². The first-order chi connectivity index (χ1) is 9.57. The number of halogens is 2. The van der Waals surface area contributed by atoms with Gasteiger partial charge in [0.25, 0.3) is 15.0 Å². The van der Waals surface area contributed by atoms with Gasteiger partial charge in [0.2, 0.25) is 0 Å². The van der Waals surface area contributed by atoms with Gasteiger partial charge in [-0.1, -0.05) is 11.6 Å². The molecule has 1 rings (SSSR count). The van der Waals surface area contributed by atoms with Gasteiger partial charge in [0, 0.05) is 29.4 Å². The van der Waals surface area contributed by atoms with Gasteiger partial charge in [-0.2, -0.15) is 0 Å². The SMILES string of the molecule is CCOC(C)(C)CNC(=O)c1ccc(Cl)c(S(=O)(=O)Cl)c1. The standard InChI is InChI=1S/C13H17Cl2NO4S/c1-4-20-13(2,3)8-16-12(17)9-5-6-10(14)11(7-9)21(15,18)19/h5-7H,4,8H2,1-3H3,(H,16,17). The monoisotopic (exact) mass is 353 g/mol. The molecule has 0 aliphatic carbocycles. The fraction of sp³-hybridized carbons (Fsp3) is 0.462. The van der Waals surface area contributed by atoms with Gasteiger partial charge in [-0.25, -0.2) is 8.42 Å².